The Morgan fingerprint density at radius 2 is 1.08 bits per heavy atom. The number of hydrogen-bond donors (Lipinski definition) is 6. The summed E-state index contributed by atoms with van der Waals surface area (Å²) in [6, 6.07) is 42.5. The van der Waals surface area contributed by atoms with E-state index in [1.807, 2.05) is 18.2 Å². The molecule has 0 amide bonds. The highest BCUT2D eigenvalue weighted by molar-refractivity contribution is 5.86. The minimum absolute atomic E-state index is 0. The van der Waals surface area contributed by atoms with Gasteiger partial charge in [-0.2, -0.15) is 0 Å². The van der Waals surface area contributed by atoms with Crippen LogP contribution in [0.3, 0.4) is 0 Å². The largest absolute Gasteiger partial charge is 0.508 e. The number of aromatic hydroxyl groups is 2. The van der Waals surface area contributed by atoms with Crippen molar-refractivity contribution in [2.24, 2.45) is 5.73 Å². The number of phenolic OH excluding ortho intramolecular Hbond substituents is 2. The first-order valence-corrected chi connectivity index (χ1v) is 16.4. The van der Waals surface area contributed by atoms with Gasteiger partial charge in [-0.1, -0.05) is 109 Å². The summed E-state index contributed by atoms with van der Waals surface area (Å²) in [5.41, 5.74) is 9.14. The lowest BCUT2D eigenvalue weighted by Crippen LogP contribution is -2.32. The molecule has 0 aliphatic rings. The summed E-state index contributed by atoms with van der Waals surface area (Å²) in [6.45, 7) is 4.43. The number of fused-ring (bicyclic) bond motifs is 2. The van der Waals surface area contributed by atoms with Crippen molar-refractivity contribution in [2.45, 2.75) is 44.9 Å². The van der Waals surface area contributed by atoms with Crippen molar-refractivity contribution in [1.29, 1.82) is 0 Å². The van der Waals surface area contributed by atoms with Gasteiger partial charge in [0, 0.05) is 25.6 Å². The van der Waals surface area contributed by atoms with Crippen LogP contribution in [-0.2, 0) is 17.6 Å². The normalized spacial score (nSPS) is 12.3. The molecule has 50 heavy (non-hydrogen) atoms. The van der Waals surface area contributed by atoms with Crippen LogP contribution in [0.5, 0.6) is 11.5 Å². The zero-order valence-electron chi connectivity index (χ0n) is 28.4. The van der Waals surface area contributed by atoms with E-state index < -0.39 is 12.2 Å². The molecule has 0 aliphatic heterocycles. The smallest absolute Gasteiger partial charge is 0.134 e. The predicted molar refractivity (Wildman–Crippen MR) is 206 cm³/mol. The molecule has 0 fully saturated rings. The Morgan fingerprint density at radius 3 is 1.56 bits per heavy atom. The second-order valence-corrected chi connectivity index (χ2v) is 12.2. The highest BCUT2D eigenvalue weighted by Gasteiger charge is 2.10. The number of phenols is 2. The molecule has 0 spiro atoms. The standard InChI is InChI=1S/C21H23NO2.C13H12O.C8H11NO2.ClH/c1-15(22-14-21(24)18-8-10-20(23)11-9-18)12-16-6-7-17-4-2-3-5-19(17)13-16;1-10(14)8-11-6-7-12-4-2-3-5-13(12)9-11;9-5-8(11)6-1-3-7(10)4-2-6;/h2-11,13,15,21-24H,12,14H2,1H3;2-7,9H,8H2,1H3;1-4,8,10-11H,5,9H2;1H. The maximum Gasteiger partial charge on any atom is 0.134 e. The molecule has 0 aliphatic carbocycles. The van der Waals surface area contributed by atoms with Crippen LogP contribution in [0.4, 0.5) is 0 Å². The van der Waals surface area contributed by atoms with Crippen LogP contribution in [0.2, 0.25) is 0 Å². The molecule has 262 valence electrons. The number of carbonyl (C=O) groups excluding carboxylic acids is 1. The van der Waals surface area contributed by atoms with Gasteiger partial charge in [0.05, 0.1) is 12.2 Å². The number of aliphatic hydroxyl groups is 2. The van der Waals surface area contributed by atoms with Crippen LogP contribution in [0, 0.1) is 0 Å². The molecule has 3 unspecified atom stereocenters. The van der Waals surface area contributed by atoms with E-state index in [4.69, 9.17) is 10.8 Å². The first-order valence-electron chi connectivity index (χ1n) is 16.4. The summed E-state index contributed by atoms with van der Waals surface area (Å²) in [5.74, 6) is 0.613. The molecule has 8 heteroatoms. The number of nitrogens with two attached hydrogens (primary N) is 1. The topological polar surface area (TPSA) is 136 Å². The molecule has 0 saturated carbocycles. The molecular formula is C42H47ClN2O5. The fourth-order valence-corrected chi connectivity index (χ4v) is 5.39. The molecule has 0 bridgehead atoms. The van der Waals surface area contributed by atoms with Gasteiger partial charge in [-0.05, 0) is 88.3 Å². The van der Waals surface area contributed by atoms with Crippen LogP contribution in [0.15, 0.2) is 133 Å². The fourth-order valence-electron chi connectivity index (χ4n) is 5.39. The second-order valence-electron chi connectivity index (χ2n) is 12.2. The Morgan fingerprint density at radius 1 is 0.640 bits per heavy atom. The molecule has 3 atom stereocenters. The summed E-state index contributed by atoms with van der Waals surface area (Å²) in [4.78, 5) is 10.9. The Bertz CT molecular complexity index is 1910. The van der Waals surface area contributed by atoms with Gasteiger partial charge < -0.3 is 31.5 Å². The van der Waals surface area contributed by atoms with Crippen LogP contribution in [0.1, 0.15) is 48.3 Å². The van der Waals surface area contributed by atoms with Crippen molar-refractivity contribution < 1.29 is 25.2 Å². The van der Waals surface area contributed by atoms with E-state index in [1.165, 1.54) is 39.2 Å². The van der Waals surface area contributed by atoms with Crippen LogP contribution >= 0.6 is 12.4 Å². The number of rotatable bonds is 10. The quantitative estimate of drug-likeness (QED) is 0.0870. The number of Topliss-reactive ketones (excluding diaryl/α,β-unsaturated/α-hetero) is 1. The number of ketones is 1. The van der Waals surface area contributed by atoms with E-state index >= 15 is 0 Å². The van der Waals surface area contributed by atoms with Crippen LogP contribution in [-0.4, -0.2) is 45.3 Å². The van der Waals surface area contributed by atoms with Crippen molar-refractivity contribution in [1.82, 2.24) is 5.32 Å². The molecule has 0 saturated heterocycles. The van der Waals surface area contributed by atoms with Gasteiger partial charge in [0.25, 0.3) is 0 Å². The molecule has 7 N–H and O–H groups in total. The highest BCUT2D eigenvalue weighted by Crippen LogP contribution is 2.19. The molecule has 6 aromatic carbocycles. The van der Waals surface area contributed by atoms with Gasteiger partial charge in [-0.15, -0.1) is 12.4 Å². The summed E-state index contributed by atoms with van der Waals surface area (Å²) < 4.78 is 0. The lowest BCUT2D eigenvalue weighted by Gasteiger charge is -2.18. The average molecular weight is 695 g/mol. The van der Waals surface area contributed by atoms with Crippen molar-refractivity contribution in [2.75, 3.05) is 13.1 Å². The molecule has 0 aromatic heterocycles. The van der Waals surface area contributed by atoms with E-state index in [1.54, 1.807) is 43.3 Å². The van der Waals surface area contributed by atoms with Crippen LogP contribution < -0.4 is 11.1 Å². The Labute approximate surface area is 300 Å². The van der Waals surface area contributed by atoms with Gasteiger partial charge in [0.2, 0.25) is 0 Å². The fraction of sp³-hybridized carbons (Fsp3) is 0.214. The molecule has 6 aromatic rings. The van der Waals surface area contributed by atoms with E-state index in [0.29, 0.717) is 13.0 Å². The van der Waals surface area contributed by atoms with E-state index in [0.717, 1.165) is 23.1 Å². The Balaban J connectivity index is 0.000000221. The molecular weight excluding hydrogens is 648 g/mol. The van der Waals surface area contributed by atoms with Gasteiger partial charge in [0.1, 0.15) is 17.3 Å². The van der Waals surface area contributed by atoms with Crippen molar-refractivity contribution in [3.8, 4) is 11.5 Å². The zero-order valence-corrected chi connectivity index (χ0v) is 29.3. The summed E-state index contributed by atoms with van der Waals surface area (Å²) >= 11 is 0. The first-order chi connectivity index (χ1) is 23.6. The van der Waals surface area contributed by atoms with E-state index in [9.17, 15) is 20.1 Å². The molecule has 0 heterocycles. The first kappa shape index (κ1) is 39.7. The van der Waals surface area contributed by atoms with Crippen molar-refractivity contribution in [3.05, 3.63) is 156 Å². The third-order valence-electron chi connectivity index (χ3n) is 8.06. The van der Waals surface area contributed by atoms with Crippen LogP contribution in [0.25, 0.3) is 21.5 Å². The summed E-state index contributed by atoms with van der Waals surface area (Å²) in [5, 5.41) is 45.9. The third-order valence-corrected chi connectivity index (χ3v) is 8.06. The van der Waals surface area contributed by atoms with Crippen molar-refractivity contribution >= 4 is 39.7 Å². The minimum atomic E-state index is -0.629. The van der Waals surface area contributed by atoms with Gasteiger partial charge >= 0.3 is 0 Å². The Kier molecular flexibility index (Phi) is 15.9. The monoisotopic (exact) mass is 694 g/mol. The average Bonchev–Trinajstić information content (AvgIpc) is 3.11. The zero-order chi connectivity index (χ0) is 35.2. The lowest BCUT2D eigenvalue weighted by molar-refractivity contribution is -0.116. The van der Waals surface area contributed by atoms with Gasteiger partial charge in [-0.3, -0.25) is 4.79 Å². The number of hydrogen-bond acceptors (Lipinski definition) is 7. The number of halogens is 1. The number of nitrogens with one attached hydrogen (secondary N) is 1. The lowest BCUT2D eigenvalue weighted by atomic mass is 10.0. The predicted octanol–water partition coefficient (Wildman–Crippen LogP) is 7.58. The SMILES string of the molecule is CC(=O)Cc1ccc2ccccc2c1.CC(Cc1ccc2ccccc2c1)NCC(O)c1ccc(O)cc1.Cl.NCC(O)c1ccc(O)cc1. The van der Waals surface area contributed by atoms with Gasteiger partial charge in [-0.25, -0.2) is 0 Å². The molecule has 7 nitrogen and oxygen atoms in total. The maximum atomic E-state index is 10.9. The second kappa shape index (κ2) is 20.0. The summed E-state index contributed by atoms with van der Waals surface area (Å²) in [7, 11) is 0. The minimum Gasteiger partial charge on any atom is -0.508 e. The maximum absolute atomic E-state index is 10.9. The van der Waals surface area contributed by atoms with E-state index in [-0.39, 0.29) is 42.3 Å². The number of benzene rings is 6. The molecule has 6 rings (SSSR count). The number of aliphatic hydroxyl groups excluding tert-OH is 2. The Hall–Kier alpha value is -4.76. The highest BCUT2D eigenvalue weighted by atomic mass is 35.5. The third kappa shape index (κ3) is 12.6. The number of carbonyl (C=O) groups is 1. The van der Waals surface area contributed by atoms with Gasteiger partial charge in [0.15, 0.2) is 0 Å². The summed E-state index contributed by atoms with van der Waals surface area (Å²) in [6.07, 6.45) is 0.234. The van der Waals surface area contributed by atoms with Crippen molar-refractivity contribution in [3.63, 3.8) is 0 Å². The molecule has 0 radical (unpaired) electrons. The van der Waals surface area contributed by atoms with E-state index in [2.05, 4.69) is 79.0 Å².